The van der Waals surface area contributed by atoms with E-state index in [1.54, 1.807) is 11.3 Å². The Morgan fingerprint density at radius 3 is 2.57 bits per heavy atom. The zero-order valence-corrected chi connectivity index (χ0v) is 12.8. The van der Waals surface area contributed by atoms with Gasteiger partial charge in [0.2, 0.25) is 5.91 Å². The highest BCUT2D eigenvalue weighted by Gasteiger charge is 2.20. The van der Waals surface area contributed by atoms with E-state index in [0.29, 0.717) is 6.54 Å². The Morgan fingerprint density at radius 1 is 1.14 bits per heavy atom. The third-order valence-electron chi connectivity index (χ3n) is 3.83. The summed E-state index contributed by atoms with van der Waals surface area (Å²) in [5.41, 5.74) is 1.13. The van der Waals surface area contributed by atoms with Crippen LogP contribution < -0.4 is 5.32 Å². The summed E-state index contributed by atoms with van der Waals surface area (Å²) >= 11 is 1.68. The van der Waals surface area contributed by atoms with Crippen molar-refractivity contribution in [1.82, 2.24) is 10.2 Å². The molecular weight excluding hydrogens is 280 g/mol. The maximum Gasteiger partial charge on any atom is 0.234 e. The molecule has 1 aliphatic heterocycles. The molecule has 3 nitrogen and oxygen atoms in total. The maximum absolute atomic E-state index is 12.3. The first-order valence-corrected chi connectivity index (χ1v) is 8.31. The Labute approximate surface area is 129 Å². The van der Waals surface area contributed by atoms with Crippen molar-refractivity contribution in [3.63, 3.8) is 0 Å². The lowest BCUT2D eigenvalue weighted by Gasteiger charge is -2.20. The molecule has 0 aliphatic carbocycles. The SMILES string of the molecule is O=C(CN1CCCC1)N[C@H](c1ccccc1)c1cccs1. The number of nitrogens with one attached hydrogen (secondary N) is 1. The van der Waals surface area contributed by atoms with Gasteiger partial charge in [-0.25, -0.2) is 0 Å². The average Bonchev–Trinajstić information content (AvgIpc) is 3.19. The summed E-state index contributed by atoms with van der Waals surface area (Å²) in [7, 11) is 0. The molecule has 0 unspecified atom stereocenters. The summed E-state index contributed by atoms with van der Waals surface area (Å²) in [6.07, 6.45) is 2.42. The quantitative estimate of drug-likeness (QED) is 0.920. The molecule has 1 aromatic heterocycles. The van der Waals surface area contributed by atoms with Crippen LogP contribution in [0.2, 0.25) is 0 Å². The van der Waals surface area contributed by atoms with E-state index in [9.17, 15) is 4.79 Å². The fourth-order valence-corrected chi connectivity index (χ4v) is 3.57. The second kappa shape index (κ2) is 6.87. The van der Waals surface area contributed by atoms with E-state index in [-0.39, 0.29) is 11.9 Å². The van der Waals surface area contributed by atoms with Gasteiger partial charge >= 0.3 is 0 Å². The lowest BCUT2D eigenvalue weighted by molar-refractivity contribution is -0.122. The molecule has 3 rings (SSSR count). The summed E-state index contributed by atoms with van der Waals surface area (Å²) in [4.78, 5) is 15.7. The smallest absolute Gasteiger partial charge is 0.234 e. The summed E-state index contributed by atoms with van der Waals surface area (Å²) < 4.78 is 0. The molecular formula is C17H20N2OS. The van der Waals surface area contributed by atoms with Crippen molar-refractivity contribution in [2.75, 3.05) is 19.6 Å². The third kappa shape index (κ3) is 3.71. The molecule has 1 fully saturated rings. The van der Waals surface area contributed by atoms with Crippen molar-refractivity contribution in [2.45, 2.75) is 18.9 Å². The van der Waals surface area contributed by atoms with Crippen LogP contribution in [0.3, 0.4) is 0 Å². The van der Waals surface area contributed by atoms with Gasteiger partial charge in [-0.2, -0.15) is 0 Å². The molecule has 1 aromatic carbocycles. The van der Waals surface area contributed by atoms with Gasteiger partial charge in [-0.1, -0.05) is 36.4 Å². The predicted molar refractivity (Wildman–Crippen MR) is 86.4 cm³/mol. The van der Waals surface area contributed by atoms with Crippen LogP contribution >= 0.6 is 11.3 Å². The van der Waals surface area contributed by atoms with Crippen LogP contribution in [-0.4, -0.2) is 30.4 Å². The Kier molecular flexibility index (Phi) is 4.68. The van der Waals surface area contributed by atoms with E-state index in [1.807, 2.05) is 24.3 Å². The van der Waals surface area contributed by atoms with E-state index < -0.39 is 0 Å². The monoisotopic (exact) mass is 300 g/mol. The first kappa shape index (κ1) is 14.3. The first-order chi connectivity index (χ1) is 10.3. The van der Waals surface area contributed by atoms with Crippen molar-refractivity contribution >= 4 is 17.2 Å². The second-order valence-electron chi connectivity index (χ2n) is 5.41. The molecule has 1 saturated heterocycles. The van der Waals surface area contributed by atoms with Gasteiger partial charge < -0.3 is 5.32 Å². The molecule has 1 amide bonds. The molecule has 1 N–H and O–H groups in total. The molecule has 0 bridgehead atoms. The van der Waals surface area contributed by atoms with Crippen LogP contribution in [0, 0.1) is 0 Å². The minimum atomic E-state index is -0.0405. The van der Waals surface area contributed by atoms with Crippen LogP contribution in [0.25, 0.3) is 0 Å². The van der Waals surface area contributed by atoms with Crippen LogP contribution in [0.15, 0.2) is 47.8 Å². The number of rotatable bonds is 5. The predicted octanol–water partition coefficient (Wildman–Crippen LogP) is 3.05. The van der Waals surface area contributed by atoms with E-state index in [2.05, 4.69) is 33.8 Å². The van der Waals surface area contributed by atoms with Gasteiger partial charge in [-0.15, -0.1) is 11.3 Å². The molecule has 21 heavy (non-hydrogen) atoms. The average molecular weight is 300 g/mol. The second-order valence-corrected chi connectivity index (χ2v) is 6.39. The van der Waals surface area contributed by atoms with E-state index >= 15 is 0 Å². The normalized spacial score (nSPS) is 16.8. The minimum absolute atomic E-state index is 0.0405. The topological polar surface area (TPSA) is 32.3 Å². The highest BCUT2D eigenvalue weighted by molar-refractivity contribution is 7.10. The molecule has 110 valence electrons. The van der Waals surface area contributed by atoms with Gasteiger partial charge in [-0.3, -0.25) is 9.69 Å². The Morgan fingerprint density at radius 2 is 1.90 bits per heavy atom. The van der Waals surface area contributed by atoms with Gasteiger partial charge in [0.25, 0.3) is 0 Å². The van der Waals surface area contributed by atoms with Crippen LogP contribution in [0.1, 0.15) is 29.3 Å². The molecule has 2 aromatic rings. The largest absolute Gasteiger partial charge is 0.343 e. The van der Waals surface area contributed by atoms with Gasteiger partial charge in [0, 0.05) is 4.88 Å². The Balaban J connectivity index is 1.72. The number of benzene rings is 1. The summed E-state index contributed by atoms with van der Waals surface area (Å²) in [5, 5.41) is 5.25. The fourth-order valence-electron chi connectivity index (χ4n) is 2.77. The number of likely N-dealkylation sites (tertiary alicyclic amines) is 1. The number of carbonyl (C=O) groups excluding carboxylic acids is 1. The van der Waals surface area contributed by atoms with Crippen molar-refractivity contribution < 1.29 is 4.79 Å². The highest BCUT2D eigenvalue weighted by Crippen LogP contribution is 2.25. The van der Waals surface area contributed by atoms with E-state index in [4.69, 9.17) is 0 Å². The zero-order valence-electron chi connectivity index (χ0n) is 12.0. The van der Waals surface area contributed by atoms with Crippen LogP contribution in [-0.2, 0) is 4.79 Å². The third-order valence-corrected chi connectivity index (χ3v) is 4.77. The van der Waals surface area contributed by atoms with Crippen molar-refractivity contribution in [3.05, 3.63) is 58.3 Å². The molecule has 2 heterocycles. The molecule has 1 atom stereocenters. The lowest BCUT2D eigenvalue weighted by Crippen LogP contribution is -2.37. The summed E-state index contributed by atoms with van der Waals surface area (Å²) in [5.74, 6) is 0.110. The van der Waals surface area contributed by atoms with Gasteiger partial charge in [0.15, 0.2) is 0 Å². The summed E-state index contributed by atoms with van der Waals surface area (Å²) in [6, 6.07) is 14.2. The van der Waals surface area contributed by atoms with Crippen molar-refractivity contribution in [2.24, 2.45) is 0 Å². The molecule has 1 aliphatic rings. The number of thiophene rings is 1. The maximum atomic E-state index is 12.3. The summed E-state index contributed by atoms with van der Waals surface area (Å²) in [6.45, 7) is 2.60. The molecule has 4 heteroatoms. The van der Waals surface area contributed by atoms with Crippen molar-refractivity contribution in [1.29, 1.82) is 0 Å². The zero-order chi connectivity index (χ0) is 14.5. The number of hydrogen-bond donors (Lipinski definition) is 1. The van der Waals surface area contributed by atoms with Crippen molar-refractivity contribution in [3.8, 4) is 0 Å². The number of hydrogen-bond acceptors (Lipinski definition) is 3. The molecule has 0 saturated carbocycles. The molecule has 0 spiro atoms. The number of amides is 1. The van der Waals surface area contributed by atoms with Gasteiger partial charge in [0.05, 0.1) is 12.6 Å². The van der Waals surface area contributed by atoms with Gasteiger partial charge in [-0.05, 0) is 42.9 Å². The Hall–Kier alpha value is -1.65. The minimum Gasteiger partial charge on any atom is -0.343 e. The lowest BCUT2D eigenvalue weighted by atomic mass is 10.1. The van der Waals surface area contributed by atoms with E-state index in [1.165, 1.54) is 17.7 Å². The highest BCUT2D eigenvalue weighted by atomic mass is 32.1. The van der Waals surface area contributed by atoms with Gasteiger partial charge in [0.1, 0.15) is 0 Å². The van der Waals surface area contributed by atoms with Crippen LogP contribution in [0.5, 0.6) is 0 Å². The number of carbonyl (C=O) groups is 1. The standard InChI is InChI=1S/C17H20N2OS/c20-16(13-19-10-4-5-11-19)18-17(15-9-6-12-21-15)14-7-2-1-3-8-14/h1-3,6-9,12,17H,4-5,10-11,13H2,(H,18,20)/t17-/m1/s1. The Bertz CT molecular complexity index is 562. The van der Waals surface area contributed by atoms with Crippen LogP contribution in [0.4, 0.5) is 0 Å². The molecule has 0 radical (unpaired) electrons. The first-order valence-electron chi connectivity index (χ1n) is 7.43. The number of nitrogens with zero attached hydrogens (tertiary/aromatic N) is 1. The fraction of sp³-hybridized carbons (Fsp3) is 0.353. The van der Waals surface area contributed by atoms with E-state index in [0.717, 1.165) is 18.7 Å².